The molecule has 1 spiro atoms. The first kappa shape index (κ1) is 17.2. The molecule has 0 radical (unpaired) electrons. The minimum Gasteiger partial charge on any atom is -0.444 e. The quantitative estimate of drug-likeness (QED) is 0.432. The Bertz CT molecular complexity index is 1200. The highest BCUT2D eigenvalue weighted by molar-refractivity contribution is 5.91. The average Bonchev–Trinajstić information content (AvgIpc) is 2.74. The van der Waals surface area contributed by atoms with Crippen molar-refractivity contribution in [3.8, 4) is 11.5 Å². The van der Waals surface area contributed by atoms with E-state index in [1.54, 1.807) is 12.2 Å². The van der Waals surface area contributed by atoms with Crippen LogP contribution in [-0.4, -0.2) is 10.7 Å². The molecule has 0 saturated heterocycles. The first-order chi connectivity index (χ1) is 14.1. The molecule has 0 fully saturated rings. The first-order valence-corrected chi connectivity index (χ1v) is 8.98. The van der Waals surface area contributed by atoms with E-state index in [0.29, 0.717) is 11.3 Å². The van der Waals surface area contributed by atoms with Gasteiger partial charge in [-0.1, -0.05) is 48.5 Å². The minimum absolute atomic E-state index is 0.0840. The Morgan fingerprint density at radius 1 is 0.931 bits per heavy atom. The largest absolute Gasteiger partial charge is 0.444 e. The Hall–Kier alpha value is -3.93. The number of para-hydroxylation sites is 1. The average molecular weight is 387 g/mol. The number of halogens is 1. The molecule has 3 aromatic carbocycles. The lowest BCUT2D eigenvalue weighted by Crippen LogP contribution is -2.44. The van der Waals surface area contributed by atoms with Crippen LogP contribution in [0.4, 0.5) is 10.1 Å². The highest BCUT2D eigenvalue weighted by atomic mass is 19.1. The van der Waals surface area contributed by atoms with Crippen molar-refractivity contribution < 1.29 is 18.8 Å². The molecular weight excluding hydrogens is 373 g/mol. The fourth-order valence-corrected chi connectivity index (χ4v) is 3.59. The Labute approximate surface area is 165 Å². The van der Waals surface area contributed by atoms with Gasteiger partial charge in [0.15, 0.2) is 11.6 Å². The highest BCUT2D eigenvalue weighted by Gasteiger charge is 2.44. The van der Waals surface area contributed by atoms with Crippen molar-refractivity contribution in [3.05, 3.63) is 105 Å². The molecule has 5 rings (SSSR count). The van der Waals surface area contributed by atoms with Crippen LogP contribution < -0.4 is 9.47 Å². The summed E-state index contributed by atoms with van der Waals surface area (Å²) in [4.78, 5) is 10.4. The summed E-state index contributed by atoms with van der Waals surface area (Å²) < 4.78 is 27.0. The van der Waals surface area contributed by atoms with Gasteiger partial charge in [0, 0.05) is 28.8 Å². The van der Waals surface area contributed by atoms with Gasteiger partial charge in [0.1, 0.15) is 5.75 Å². The summed E-state index contributed by atoms with van der Waals surface area (Å²) in [6, 6.07) is 19.2. The lowest BCUT2D eigenvalue weighted by atomic mass is 9.90. The summed E-state index contributed by atoms with van der Waals surface area (Å²) in [5.41, 5.74) is 2.40. The molecule has 1 atom stereocenters. The van der Waals surface area contributed by atoms with Gasteiger partial charge in [-0.2, -0.15) is 0 Å². The Balaban J connectivity index is 1.69. The molecule has 2 aliphatic heterocycles. The summed E-state index contributed by atoms with van der Waals surface area (Å²) in [7, 11) is 0. The summed E-state index contributed by atoms with van der Waals surface area (Å²) in [6.45, 7) is 0. The second-order valence-corrected chi connectivity index (χ2v) is 6.77. The molecule has 29 heavy (non-hydrogen) atoms. The van der Waals surface area contributed by atoms with Crippen molar-refractivity contribution in [2.75, 3.05) is 0 Å². The molecule has 0 aromatic heterocycles. The van der Waals surface area contributed by atoms with Crippen LogP contribution in [0, 0.1) is 15.9 Å². The summed E-state index contributed by atoms with van der Waals surface area (Å²) >= 11 is 0. The van der Waals surface area contributed by atoms with Crippen molar-refractivity contribution in [1.29, 1.82) is 0 Å². The highest BCUT2D eigenvalue weighted by Crippen LogP contribution is 2.46. The number of hydrogen-bond donors (Lipinski definition) is 0. The monoisotopic (exact) mass is 387 g/mol. The van der Waals surface area contributed by atoms with Gasteiger partial charge >= 0.3 is 0 Å². The number of rotatable bonds is 2. The number of hydrogen-bond acceptors (Lipinski definition) is 4. The summed E-state index contributed by atoms with van der Waals surface area (Å²) in [6.07, 6.45) is 5.21. The maximum Gasteiger partial charge on any atom is 0.299 e. The maximum atomic E-state index is 14.7. The van der Waals surface area contributed by atoms with E-state index in [1.165, 1.54) is 6.07 Å². The molecule has 0 amide bonds. The Morgan fingerprint density at radius 2 is 1.69 bits per heavy atom. The normalized spacial score (nSPS) is 18.9. The van der Waals surface area contributed by atoms with E-state index < -0.39 is 16.5 Å². The van der Waals surface area contributed by atoms with E-state index in [1.807, 2.05) is 60.7 Å². The van der Waals surface area contributed by atoms with Crippen LogP contribution in [0.5, 0.6) is 11.5 Å². The molecule has 0 N–H and O–H groups in total. The third-order valence-electron chi connectivity index (χ3n) is 4.94. The molecule has 6 heteroatoms. The zero-order valence-electron chi connectivity index (χ0n) is 15.0. The zero-order chi connectivity index (χ0) is 20.0. The van der Waals surface area contributed by atoms with Crippen LogP contribution >= 0.6 is 0 Å². The number of nitro benzene ring substituents is 1. The van der Waals surface area contributed by atoms with Crippen LogP contribution in [0.15, 0.2) is 72.8 Å². The van der Waals surface area contributed by atoms with E-state index in [9.17, 15) is 14.5 Å². The number of non-ortho nitro benzene ring substituents is 1. The van der Waals surface area contributed by atoms with Crippen LogP contribution in [0.25, 0.3) is 17.7 Å². The second-order valence-electron chi connectivity index (χ2n) is 6.77. The lowest BCUT2D eigenvalue weighted by molar-refractivity contribution is -0.385. The van der Waals surface area contributed by atoms with Crippen LogP contribution in [0.1, 0.15) is 16.7 Å². The Morgan fingerprint density at radius 3 is 2.48 bits per heavy atom. The number of nitrogens with zero attached hydrogens (tertiary/aromatic N) is 1. The number of fused-ring (bicyclic) bond motifs is 2. The molecule has 0 saturated carbocycles. The van der Waals surface area contributed by atoms with Gasteiger partial charge in [0.2, 0.25) is 0 Å². The zero-order valence-corrected chi connectivity index (χ0v) is 15.0. The first-order valence-electron chi connectivity index (χ1n) is 8.98. The van der Waals surface area contributed by atoms with Crippen LogP contribution in [-0.2, 0) is 0 Å². The van der Waals surface area contributed by atoms with Crippen LogP contribution in [0.2, 0.25) is 0 Å². The fraction of sp³-hybridized carbons (Fsp3) is 0.0435. The minimum atomic E-state index is -1.39. The summed E-state index contributed by atoms with van der Waals surface area (Å²) in [5.74, 6) is -1.69. The third-order valence-corrected chi connectivity index (χ3v) is 4.94. The van der Waals surface area contributed by atoms with Crippen LogP contribution in [0.3, 0.4) is 0 Å². The van der Waals surface area contributed by atoms with Crippen molar-refractivity contribution in [1.82, 2.24) is 0 Å². The predicted octanol–water partition coefficient (Wildman–Crippen LogP) is 5.47. The van der Waals surface area contributed by atoms with E-state index in [2.05, 4.69) is 0 Å². The molecule has 0 aliphatic carbocycles. The standard InChI is InChI=1S/C23H14FNO4/c24-20-14-18(25(26)27)12-17-10-11-23(29-22(17)20)19(15-6-2-1-3-7-15)13-16-8-4-5-9-21(16)28-23/h1-14H. The van der Waals surface area contributed by atoms with Crippen molar-refractivity contribution in [3.63, 3.8) is 0 Å². The van der Waals surface area contributed by atoms with E-state index in [0.717, 1.165) is 17.2 Å². The number of nitro groups is 1. The van der Waals surface area contributed by atoms with Crippen molar-refractivity contribution in [2.45, 2.75) is 5.79 Å². The van der Waals surface area contributed by atoms with Gasteiger partial charge in [-0.15, -0.1) is 0 Å². The number of ether oxygens (including phenoxy) is 2. The SMILES string of the molecule is O=[N+]([O-])c1cc(F)c2c(c1)C=CC1(Oc3ccccc3C=C1c1ccccc1)O2. The van der Waals surface area contributed by atoms with Gasteiger partial charge in [0.05, 0.1) is 11.0 Å². The second kappa shape index (κ2) is 6.31. The summed E-state index contributed by atoms with van der Waals surface area (Å²) in [5, 5.41) is 11.0. The van der Waals surface area contributed by atoms with Gasteiger partial charge in [0.25, 0.3) is 11.5 Å². The van der Waals surface area contributed by atoms with Crippen molar-refractivity contribution in [2.24, 2.45) is 0 Å². The lowest BCUT2D eigenvalue weighted by Gasteiger charge is -2.39. The van der Waals surface area contributed by atoms with E-state index in [4.69, 9.17) is 9.47 Å². The van der Waals surface area contributed by atoms with Gasteiger partial charge in [-0.05, 0) is 23.8 Å². The smallest absolute Gasteiger partial charge is 0.299 e. The fourth-order valence-electron chi connectivity index (χ4n) is 3.59. The van der Waals surface area contributed by atoms with Gasteiger partial charge in [-0.3, -0.25) is 10.1 Å². The Kier molecular flexibility index (Phi) is 3.74. The van der Waals surface area contributed by atoms with Gasteiger partial charge in [-0.25, -0.2) is 4.39 Å². The van der Waals surface area contributed by atoms with E-state index >= 15 is 0 Å². The molecule has 3 aromatic rings. The molecule has 5 nitrogen and oxygen atoms in total. The molecule has 2 heterocycles. The number of benzene rings is 3. The molecule has 142 valence electrons. The maximum absolute atomic E-state index is 14.7. The topological polar surface area (TPSA) is 61.6 Å². The van der Waals surface area contributed by atoms with E-state index in [-0.39, 0.29) is 17.0 Å². The molecule has 0 bridgehead atoms. The predicted molar refractivity (Wildman–Crippen MR) is 107 cm³/mol. The van der Waals surface area contributed by atoms with Gasteiger partial charge < -0.3 is 9.47 Å². The van der Waals surface area contributed by atoms with Crippen molar-refractivity contribution >= 4 is 23.4 Å². The molecular formula is C23H14FNO4. The molecule has 1 unspecified atom stereocenters. The molecule has 2 aliphatic rings. The third kappa shape index (κ3) is 2.77.